The lowest BCUT2D eigenvalue weighted by atomic mass is 10.3. The summed E-state index contributed by atoms with van der Waals surface area (Å²) in [6, 6.07) is 1.85. The zero-order valence-electron chi connectivity index (χ0n) is 19.0. The van der Waals surface area contributed by atoms with E-state index in [1.807, 2.05) is 43.7 Å². The molecule has 1 aromatic rings. The maximum Gasteiger partial charge on any atom is 0.242 e. The van der Waals surface area contributed by atoms with Gasteiger partial charge in [0.05, 0.1) is 6.54 Å². The summed E-state index contributed by atoms with van der Waals surface area (Å²) in [5.41, 5.74) is 0. The average Bonchev–Trinajstić information content (AvgIpc) is 2.77. The van der Waals surface area contributed by atoms with Crippen LogP contribution < -0.4 is 10.2 Å². The van der Waals surface area contributed by atoms with Crippen LogP contribution in [-0.4, -0.2) is 109 Å². The minimum atomic E-state index is 0.133. The van der Waals surface area contributed by atoms with E-state index >= 15 is 0 Å². The quantitative estimate of drug-likeness (QED) is 0.341. The van der Waals surface area contributed by atoms with Crippen LogP contribution in [0.3, 0.4) is 0 Å². The third-order valence-electron chi connectivity index (χ3n) is 5.29. The SMILES string of the molecule is CCNC(=NCCCN1CCN(c2ncccn2)CC1)N(C)CC(=O)N(CC)CC. The van der Waals surface area contributed by atoms with E-state index in [-0.39, 0.29) is 5.91 Å². The highest BCUT2D eigenvalue weighted by molar-refractivity contribution is 5.86. The molecule has 1 aromatic heterocycles. The van der Waals surface area contributed by atoms with E-state index in [4.69, 9.17) is 4.99 Å². The summed E-state index contributed by atoms with van der Waals surface area (Å²) in [4.78, 5) is 34.2. The average molecular weight is 419 g/mol. The second-order valence-electron chi connectivity index (χ2n) is 7.39. The first-order valence-electron chi connectivity index (χ1n) is 11.1. The number of piperazine rings is 1. The molecule has 0 aliphatic carbocycles. The number of nitrogens with one attached hydrogen (secondary N) is 1. The number of carbonyl (C=O) groups excluding carboxylic acids is 1. The molecule has 9 nitrogen and oxygen atoms in total. The Labute approximate surface area is 181 Å². The number of amides is 1. The molecule has 168 valence electrons. The zero-order chi connectivity index (χ0) is 21.8. The van der Waals surface area contributed by atoms with Crippen LogP contribution in [0.15, 0.2) is 23.5 Å². The van der Waals surface area contributed by atoms with Gasteiger partial charge < -0.3 is 20.0 Å². The number of rotatable bonds is 10. The number of hydrogen-bond acceptors (Lipinski definition) is 6. The normalized spacial score (nSPS) is 15.2. The number of carbonyl (C=O) groups is 1. The Morgan fingerprint density at radius 2 is 1.80 bits per heavy atom. The van der Waals surface area contributed by atoms with E-state index in [1.165, 1.54) is 0 Å². The highest BCUT2D eigenvalue weighted by Gasteiger charge is 2.18. The molecule has 1 aliphatic heterocycles. The van der Waals surface area contributed by atoms with Gasteiger partial charge in [0.25, 0.3) is 0 Å². The predicted molar refractivity (Wildman–Crippen MR) is 122 cm³/mol. The summed E-state index contributed by atoms with van der Waals surface area (Å²) in [6.45, 7) is 14.4. The summed E-state index contributed by atoms with van der Waals surface area (Å²) in [5, 5.41) is 3.30. The molecule has 0 saturated carbocycles. The van der Waals surface area contributed by atoms with Gasteiger partial charge in [-0.1, -0.05) is 0 Å². The Bertz CT molecular complexity index is 642. The fraction of sp³-hybridized carbons (Fsp3) is 0.714. The molecule has 0 spiro atoms. The van der Waals surface area contributed by atoms with Crippen LogP contribution in [0, 0.1) is 0 Å². The first-order valence-corrected chi connectivity index (χ1v) is 11.1. The number of nitrogens with zero attached hydrogens (tertiary/aromatic N) is 7. The van der Waals surface area contributed by atoms with Crippen molar-refractivity contribution in [2.75, 3.05) is 77.4 Å². The van der Waals surface area contributed by atoms with Crippen molar-refractivity contribution in [2.45, 2.75) is 27.2 Å². The largest absolute Gasteiger partial charge is 0.357 e. The number of aliphatic imine (C=N–C) groups is 1. The zero-order valence-corrected chi connectivity index (χ0v) is 19.0. The second kappa shape index (κ2) is 13.0. The van der Waals surface area contributed by atoms with Crippen molar-refractivity contribution >= 4 is 17.8 Å². The molecular weight excluding hydrogens is 380 g/mol. The Morgan fingerprint density at radius 3 is 2.40 bits per heavy atom. The predicted octanol–water partition coefficient (Wildman–Crippen LogP) is 0.754. The molecule has 30 heavy (non-hydrogen) atoms. The first kappa shape index (κ1) is 23.9. The van der Waals surface area contributed by atoms with E-state index in [0.29, 0.717) is 6.54 Å². The summed E-state index contributed by atoms with van der Waals surface area (Å²) in [5.74, 6) is 1.75. The van der Waals surface area contributed by atoms with E-state index < -0.39 is 0 Å². The summed E-state index contributed by atoms with van der Waals surface area (Å²) in [7, 11) is 1.92. The van der Waals surface area contributed by atoms with Crippen molar-refractivity contribution in [2.24, 2.45) is 4.99 Å². The molecule has 1 saturated heterocycles. The Hall–Kier alpha value is -2.42. The minimum Gasteiger partial charge on any atom is -0.357 e. The monoisotopic (exact) mass is 418 g/mol. The lowest BCUT2D eigenvalue weighted by molar-refractivity contribution is -0.131. The van der Waals surface area contributed by atoms with Gasteiger partial charge in [0.15, 0.2) is 5.96 Å². The second-order valence-corrected chi connectivity index (χ2v) is 7.39. The van der Waals surface area contributed by atoms with Crippen molar-refractivity contribution in [1.29, 1.82) is 0 Å². The number of hydrogen-bond donors (Lipinski definition) is 1. The number of aromatic nitrogens is 2. The van der Waals surface area contributed by atoms with Gasteiger partial charge in [0, 0.05) is 78.3 Å². The van der Waals surface area contributed by atoms with Gasteiger partial charge in [0.2, 0.25) is 11.9 Å². The Kier molecular flexibility index (Phi) is 10.3. The minimum absolute atomic E-state index is 0.133. The molecule has 1 amide bonds. The van der Waals surface area contributed by atoms with Gasteiger partial charge in [0.1, 0.15) is 0 Å². The standard InChI is InChI=1S/C21H38N8O/c1-5-22-20(26(4)18-19(30)28(6-2)7-3)23-12-9-13-27-14-16-29(17-15-27)21-24-10-8-11-25-21/h8,10-11H,5-7,9,12-18H2,1-4H3,(H,22,23). The lowest BCUT2D eigenvalue weighted by Gasteiger charge is -2.34. The fourth-order valence-corrected chi connectivity index (χ4v) is 3.53. The van der Waals surface area contributed by atoms with Crippen LogP contribution in [0.2, 0.25) is 0 Å². The van der Waals surface area contributed by atoms with Crippen molar-refractivity contribution in [1.82, 2.24) is 30.0 Å². The van der Waals surface area contributed by atoms with Gasteiger partial charge in [-0.15, -0.1) is 0 Å². The van der Waals surface area contributed by atoms with Crippen LogP contribution in [0.4, 0.5) is 5.95 Å². The van der Waals surface area contributed by atoms with Crippen molar-refractivity contribution in [3.05, 3.63) is 18.5 Å². The molecule has 1 fully saturated rings. The molecule has 0 unspecified atom stereocenters. The first-order chi connectivity index (χ1) is 14.6. The van der Waals surface area contributed by atoms with Crippen LogP contribution in [0.25, 0.3) is 0 Å². The maximum absolute atomic E-state index is 12.4. The number of likely N-dealkylation sites (N-methyl/N-ethyl adjacent to an activating group) is 2. The van der Waals surface area contributed by atoms with Crippen LogP contribution in [0.5, 0.6) is 0 Å². The van der Waals surface area contributed by atoms with Gasteiger partial charge in [-0.3, -0.25) is 14.7 Å². The third kappa shape index (κ3) is 7.44. The van der Waals surface area contributed by atoms with Crippen LogP contribution in [-0.2, 0) is 4.79 Å². The molecule has 0 atom stereocenters. The van der Waals surface area contributed by atoms with Gasteiger partial charge in [-0.25, -0.2) is 9.97 Å². The van der Waals surface area contributed by atoms with Crippen LogP contribution >= 0.6 is 0 Å². The van der Waals surface area contributed by atoms with E-state index in [0.717, 1.165) is 77.2 Å². The fourth-order valence-electron chi connectivity index (χ4n) is 3.53. The summed E-state index contributed by atoms with van der Waals surface area (Å²) >= 11 is 0. The summed E-state index contributed by atoms with van der Waals surface area (Å²) < 4.78 is 0. The van der Waals surface area contributed by atoms with E-state index in [9.17, 15) is 4.79 Å². The maximum atomic E-state index is 12.4. The highest BCUT2D eigenvalue weighted by Crippen LogP contribution is 2.09. The van der Waals surface area contributed by atoms with Crippen LogP contribution in [0.1, 0.15) is 27.2 Å². The number of anilines is 1. The third-order valence-corrected chi connectivity index (χ3v) is 5.29. The highest BCUT2D eigenvalue weighted by atomic mass is 16.2. The summed E-state index contributed by atoms with van der Waals surface area (Å²) in [6.07, 6.45) is 4.58. The Balaban J connectivity index is 1.74. The smallest absolute Gasteiger partial charge is 0.242 e. The van der Waals surface area contributed by atoms with Gasteiger partial charge >= 0.3 is 0 Å². The molecule has 0 radical (unpaired) electrons. The van der Waals surface area contributed by atoms with Crippen molar-refractivity contribution in [3.63, 3.8) is 0 Å². The number of guanidine groups is 1. The van der Waals surface area contributed by atoms with Gasteiger partial charge in [-0.05, 0) is 33.3 Å². The molecule has 0 bridgehead atoms. The van der Waals surface area contributed by atoms with Crippen molar-refractivity contribution in [3.8, 4) is 0 Å². The molecule has 9 heteroatoms. The molecule has 0 aromatic carbocycles. The molecular formula is C21H38N8O. The Morgan fingerprint density at radius 1 is 1.13 bits per heavy atom. The molecule has 1 N–H and O–H groups in total. The topological polar surface area (TPSA) is 80.2 Å². The molecule has 2 rings (SSSR count). The van der Waals surface area contributed by atoms with Gasteiger partial charge in [-0.2, -0.15) is 0 Å². The van der Waals surface area contributed by atoms with E-state index in [1.54, 1.807) is 12.4 Å². The molecule has 1 aliphatic rings. The lowest BCUT2D eigenvalue weighted by Crippen LogP contribution is -2.47. The van der Waals surface area contributed by atoms with E-state index in [2.05, 4.69) is 25.1 Å². The molecule has 2 heterocycles. The van der Waals surface area contributed by atoms with Crippen molar-refractivity contribution < 1.29 is 4.79 Å².